The molecule has 7 heteroatoms. The molecule has 0 aliphatic heterocycles. The Bertz CT molecular complexity index is 380. The molecule has 0 spiro atoms. The number of amides is 3. The molecule has 3 amide bonds. The van der Waals surface area contributed by atoms with Crippen molar-refractivity contribution in [1.82, 2.24) is 15.1 Å². The first-order valence-electron chi connectivity index (χ1n) is 6.80. The van der Waals surface area contributed by atoms with Gasteiger partial charge in [-0.15, -0.1) is 0 Å². The summed E-state index contributed by atoms with van der Waals surface area (Å²) in [5.74, 6) is -0.896. The van der Waals surface area contributed by atoms with Crippen LogP contribution in [0.15, 0.2) is 0 Å². The minimum Gasteiger partial charge on any atom is -0.480 e. The van der Waals surface area contributed by atoms with Crippen molar-refractivity contribution >= 4 is 17.9 Å². The van der Waals surface area contributed by atoms with Crippen LogP contribution in [0.4, 0.5) is 4.79 Å². The first kappa shape index (κ1) is 16.3. The number of aliphatic carboxylic acids is 1. The molecule has 0 aromatic heterocycles. The van der Waals surface area contributed by atoms with Gasteiger partial charge in [-0.05, 0) is 32.6 Å². The topological polar surface area (TPSA) is 90.0 Å². The van der Waals surface area contributed by atoms with E-state index >= 15 is 0 Å². The molecule has 1 rings (SSSR count). The van der Waals surface area contributed by atoms with E-state index in [0.29, 0.717) is 12.5 Å². The summed E-state index contributed by atoms with van der Waals surface area (Å²) in [4.78, 5) is 37.1. The third-order valence-electron chi connectivity index (χ3n) is 2.93. The Kier molecular flexibility index (Phi) is 5.79. The predicted molar refractivity (Wildman–Crippen MR) is 73.2 cm³/mol. The van der Waals surface area contributed by atoms with E-state index in [-0.39, 0.29) is 25.0 Å². The number of likely N-dealkylation sites (N-methyl/N-ethyl adjacent to an activating group) is 1. The van der Waals surface area contributed by atoms with Crippen LogP contribution in [0.1, 0.15) is 26.7 Å². The number of carbonyl (C=O) groups excluding carboxylic acids is 2. The zero-order chi connectivity index (χ0) is 15.3. The number of carbonyl (C=O) groups is 3. The van der Waals surface area contributed by atoms with E-state index in [4.69, 9.17) is 5.11 Å². The number of nitrogens with one attached hydrogen (secondary N) is 1. The smallest absolute Gasteiger partial charge is 0.323 e. The molecule has 0 unspecified atom stereocenters. The fourth-order valence-electron chi connectivity index (χ4n) is 1.88. The lowest BCUT2D eigenvalue weighted by atomic mass is 10.3. The zero-order valence-electron chi connectivity index (χ0n) is 12.3. The van der Waals surface area contributed by atoms with Crippen molar-refractivity contribution in [3.05, 3.63) is 0 Å². The van der Waals surface area contributed by atoms with Gasteiger partial charge in [0.2, 0.25) is 5.91 Å². The number of carboxylic acids is 1. The van der Waals surface area contributed by atoms with Gasteiger partial charge in [0.25, 0.3) is 0 Å². The largest absolute Gasteiger partial charge is 0.480 e. The molecule has 1 fully saturated rings. The molecule has 0 radical (unpaired) electrons. The highest BCUT2D eigenvalue weighted by Crippen LogP contribution is 2.29. The van der Waals surface area contributed by atoms with Crippen molar-refractivity contribution in [3.8, 4) is 0 Å². The van der Waals surface area contributed by atoms with E-state index in [9.17, 15) is 14.4 Å². The van der Waals surface area contributed by atoms with E-state index in [1.807, 2.05) is 13.8 Å². The van der Waals surface area contributed by atoms with E-state index in [1.165, 1.54) is 16.8 Å². The molecule has 0 aromatic carbocycles. The fourth-order valence-corrected chi connectivity index (χ4v) is 1.88. The van der Waals surface area contributed by atoms with Crippen LogP contribution in [0.5, 0.6) is 0 Å². The molecule has 0 saturated heterocycles. The minimum absolute atomic E-state index is 0.00703. The summed E-state index contributed by atoms with van der Waals surface area (Å²) >= 11 is 0. The van der Waals surface area contributed by atoms with Gasteiger partial charge >= 0.3 is 12.0 Å². The highest BCUT2D eigenvalue weighted by atomic mass is 16.4. The minimum atomic E-state index is -1.04. The van der Waals surface area contributed by atoms with E-state index in [1.54, 1.807) is 0 Å². The van der Waals surface area contributed by atoms with E-state index in [0.717, 1.165) is 12.8 Å². The van der Waals surface area contributed by atoms with Gasteiger partial charge in [-0.3, -0.25) is 9.59 Å². The summed E-state index contributed by atoms with van der Waals surface area (Å²) < 4.78 is 0. The Hall–Kier alpha value is -1.79. The molecule has 0 heterocycles. The normalized spacial score (nSPS) is 14.0. The molecular formula is C13H23N3O4. The van der Waals surface area contributed by atoms with Gasteiger partial charge in [0.1, 0.15) is 13.1 Å². The molecule has 0 aromatic rings. The van der Waals surface area contributed by atoms with Crippen LogP contribution < -0.4 is 5.32 Å². The second-order valence-electron chi connectivity index (χ2n) is 5.58. The van der Waals surface area contributed by atoms with Crippen LogP contribution >= 0.6 is 0 Å². The lowest BCUT2D eigenvalue weighted by Gasteiger charge is -2.27. The van der Waals surface area contributed by atoms with Gasteiger partial charge in [-0.2, -0.15) is 0 Å². The second kappa shape index (κ2) is 7.12. The molecule has 0 bridgehead atoms. The Morgan fingerprint density at radius 2 is 1.85 bits per heavy atom. The Morgan fingerprint density at radius 3 is 2.30 bits per heavy atom. The highest BCUT2D eigenvalue weighted by molar-refractivity contribution is 5.85. The van der Waals surface area contributed by atoms with Crippen molar-refractivity contribution in [2.75, 3.05) is 26.7 Å². The third kappa shape index (κ3) is 5.90. The number of rotatable bonds is 7. The van der Waals surface area contributed by atoms with Crippen molar-refractivity contribution in [1.29, 1.82) is 0 Å². The van der Waals surface area contributed by atoms with E-state index < -0.39 is 12.0 Å². The Balaban J connectivity index is 2.53. The SMILES string of the molecule is CC(C)NC(=O)CN(C)C(=O)N(CC(=O)O)CC1CC1. The maximum absolute atomic E-state index is 12.2. The number of hydrogen-bond donors (Lipinski definition) is 2. The average molecular weight is 285 g/mol. The van der Waals surface area contributed by atoms with Crippen molar-refractivity contribution in [3.63, 3.8) is 0 Å². The maximum Gasteiger partial charge on any atom is 0.323 e. The van der Waals surface area contributed by atoms with Crippen LogP contribution in [-0.4, -0.2) is 65.5 Å². The van der Waals surface area contributed by atoms with Gasteiger partial charge in [0, 0.05) is 19.6 Å². The lowest BCUT2D eigenvalue weighted by molar-refractivity contribution is -0.137. The molecule has 0 atom stereocenters. The summed E-state index contributed by atoms with van der Waals surface area (Å²) in [7, 11) is 1.50. The first-order valence-corrected chi connectivity index (χ1v) is 6.80. The molecule has 1 aliphatic rings. The predicted octanol–water partition coefficient (Wildman–Crippen LogP) is 0.359. The van der Waals surface area contributed by atoms with Crippen molar-refractivity contribution in [2.45, 2.75) is 32.7 Å². The van der Waals surface area contributed by atoms with E-state index in [2.05, 4.69) is 5.32 Å². The Morgan fingerprint density at radius 1 is 1.25 bits per heavy atom. The molecule has 1 saturated carbocycles. The van der Waals surface area contributed by atoms with Crippen molar-refractivity contribution < 1.29 is 19.5 Å². The molecule has 7 nitrogen and oxygen atoms in total. The van der Waals surface area contributed by atoms with Gasteiger partial charge in [0.15, 0.2) is 0 Å². The van der Waals surface area contributed by atoms with Crippen LogP contribution in [0.3, 0.4) is 0 Å². The monoisotopic (exact) mass is 285 g/mol. The molecule has 1 aliphatic carbocycles. The fraction of sp³-hybridized carbons (Fsp3) is 0.769. The summed E-state index contributed by atoms with van der Waals surface area (Å²) in [5.41, 5.74) is 0. The lowest BCUT2D eigenvalue weighted by Crippen LogP contribution is -2.48. The van der Waals surface area contributed by atoms with Crippen LogP contribution in [0.25, 0.3) is 0 Å². The van der Waals surface area contributed by atoms with Gasteiger partial charge in [0.05, 0.1) is 0 Å². The number of nitrogens with zero attached hydrogens (tertiary/aromatic N) is 2. The zero-order valence-corrected chi connectivity index (χ0v) is 12.3. The second-order valence-corrected chi connectivity index (χ2v) is 5.58. The van der Waals surface area contributed by atoms with Crippen molar-refractivity contribution in [2.24, 2.45) is 5.92 Å². The van der Waals surface area contributed by atoms with Crippen LogP contribution in [0.2, 0.25) is 0 Å². The summed E-state index contributed by atoms with van der Waals surface area (Å²) in [6.45, 7) is 3.72. The summed E-state index contributed by atoms with van der Waals surface area (Å²) in [6.07, 6.45) is 2.06. The Labute approximate surface area is 118 Å². The highest BCUT2D eigenvalue weighted by Gasteiger charge is 2.29. The van der Waals surface area contributed by atoms with Gasteiger partial charge in [-0.25, -0.2) is 4.79 Å². The average Bonchev–Trinajstić information content (AvgIpc) is 3.09. The van der Waals surface area contributed by atoms with Crippen LogP contribution in [0, 0.1) is 5.92 Å². The standard InChI is InChI=1S/C13H23N3O4/c1-9(2)14-11(17)7-15(3)13(20)16(8-12(18)19)6-10-4-5-10/h9-10H,4-8H2,1-3H3,(H,14,17)(H,18,19). The molecule has 2 N–H and O–H groups in total. The number of urea groups is 1. The quantitative estimate of drug-likeness (QED) is 0.706. The van der Waals surface area contributed by atoms with Gasteiger partial charge in [-0.1, -0.05) is 0 Å². The molecule has 114 valence electrons. The maximum atomic E-state index is 12.2. The number of carboxylic acid groups (broad SMARTS) is 1. The summed E-state index contributed by atoms with van der Waals surface area (Å²) in [6, 6.07) is -0.411. The number of hydrogen-bond acceptors (Lipinski definition) is 3. The first-order chi connectivity index (χ1) is 9.29. The molecular weight excluding hydrogens is 262 g/mol. The van der Waals surface area contributed by atoms with Gasteiger partial charge < -0.3 is 20.2 Å². The third-order valence-corrected chi connectivity index (χ3v) is 2.93. The molecule has 20 heavy (non-hydrogen) atoms. The van der Waals surface area contributed by atoms with Crippen LogP contribution in [-0.2, 0) is 9.59 Å². The summed E-state index contributed by atoms with van der Waals surface area (Å²) in [5, 5.41) is 11.6.